The van der Waals surface area contributed by atoms with E-state index in [0.717, 1.165) is 0 Å². The molecule has 10 heteroatoms. The third-order valence-electron chi connectivity index (χ3n) is 2.08. The van der Waals surface area contributed by atoms with Gasteiger partial charge in [0.05, 0.1) is 0 Å². The minimum absolute atomic E-state index is 0.378. The van der Waals surface area contributed by atoms with Gasteiger partial charge in [0, 0.05) is 19.0 Å². The van der Waals surface area contributed by atoms with Crippen LogP contribution in [0.15, 0.2) is 10.9 Å². The lowest BCUT2D eigenvalue weighted by molar-refractivity contribution is -0.285. The van der Waals surface area contributed by atoms with Gasteiger partial charge < -0.3 is 5.11 Å². The van der Waals surface area contributed by atoms with Gasteiger partial charge in [-0.2, -0.15) is 22.0 Å². The van der Waals surface area contributed by atoms with Crippen LogP contribution in [0.3, 0.4) is 0 Å². The van der Waals surface area contributed by atoms with Crippen LogP contribution in [0.2, 0.25) is 0 Å². The van der Waals surface area contributed by atoms with E-state index >= 15 is 0 Å². The van der Waals surface area contributed by atoms with Crippen molar-refractivity contribution in [1.82, 2.24) is 9.78 Å². The van der Waals surface area contributed by atoms with E-state index in [1.165, 1.54) is 0 Å². The molecular formula is C8H7F5N2O3. The first-order chi connectivity index (χ1) is 8.04. The van der Waals surface area contributed by atoms with Crippen LogP contribution in [0.1, 0.15) is 16.9 Å². The normalized spacial score (nSPS) is 12.7. The van der Waals surface area contributed by atoms with Gasteiger partial charge in [0.25, 0.3) is 5.56 Å². The first-order valence-corrected chi connectivity index (χ1v) is 4.52. The van der Waals surface area contributed by atoms with Crippen molar-refractivity contribution in [3.8, 4) is 0 Å². The summed E-state index contributed by atoms with van der Waals surface area (Å²) in [7, 11) is 0. The molecule has 1 rings (SSSR count). The molecule has 0 radical (unpaired) electrons. The Labute approximate surface area is 95.8 Å². The summed E-state index contributed by atoms with van der Waals surface area (Å²) in [4.78, 5) is 21.5. The van der Waals surface area contributed by atoms with Gasteiger partial charge in [-0.25, -0.2) is 4.79 Å². The number of aromatic nitrogens is 2. The number of aryl methyl sites for hydroxylation is 1. The summed E-state index contributed by atoms with van der Waals surface area (Å²) in [6.45, 7) is -0.974. The topological polar surface area (TPSA) is 75.1 Å². The molecule has 18 heavy (non-hydrogen) atoms. The van der Waals surface area contributed by atoms with E-state index in [4.69, 9.17) is 5.11 Å². The Kier molecular flexibility index (Phi) is 3.49. The summed E-state index contributed by atoms with van der Waals surface area (Å²) < 4.78 is 60.9. The van der Waals surface area contributed by atoms with Gasteiger partial charge in [0.1, 0.15) is 5.69 Å². The lowest BCUT2D eigenvalue weighted by Crippen LogP contribution is -2.38. The molecule has 1 aromatic rings. The number of hydrogen-bond acceptors (Lipinski definition) is 2. The lowest BCUT2D eigenvalue weighted by Gasteiger charge is -2.19. The summed E-state index contributed by atoms with van der Waals surface area (Å²) >= 11 is 0. The first kappa shape index (κ1) is 14.2. The summed E-state index contributed by atoms with van der Waals surface area (Å²) in [6, 6.07) is 0.591. The largest absolute Gasteiger partial charge is 0.477 e. The molecule has 0 aliphatic carbocycles. The Morgan fingerprint density at radius 2 is 1.89 bits per heavy atom. The van der Waals surface area contributed by atoms with Crippen LogP contribution in [-0.4, -0.2) is 33.0 Å². The summed E-state index contributed by atoms with van der Waals surface area (Å²) in [5, 5.41) is 10.4. The molecule has 0 spiro atoms. The number of carbonyl (C=O) groups is 1. The number of nitrogens with one attached hydrogen (secondary N) is 1. The average molecular weight is 274 g/mol. The highest BCUT2D eigenvalue weighted by molar-refractivity contribution is 5.84. The zero-order chi connectivity index (χ0) is 14.1. The SMILES string of the molecule is O=C(O)c1cc(=O)n(CCC(F)(F)C(F)(F)F)[nH]1. The molecule has 0 unspecified atom stereocenters. The van der Waals surface area contributed by atoms with Crippen molar-refractivity contribution in [1.29, 1.82) is 0 Å². The van der Waals surface area contributed by atoms with Crippen molar-refractivity contribution in [3.63, 3.8) is 0 Å². The number of aromatic amines is 1. The molecule has 5 nitrogen and oxygen atoms in total. The molecule has 0 fully saturated rings. The van der Waals surface area contributed by atoms with Crippen molar-refractivity contribution in [2.45, 2.75) is 25.1 Å². The van der Waals surface area contributed by atoms with Gasteiger partial charge in [0.2, 0.25) is 0 Å². The second-order valence-electron chi connectivity index (χ2n) is 3.42. The molecule has 2 N–H and O–H groups in total. The van der Waals surface area contributed by atoms with Crippen molar-refractivity contribution >= 4 is 5.97 Å². The third kappa shape index (κ3) is 2.87. The molecule has 0 aliphatic rings. The molecule has 0 bridgehead atoms. The van der Waals surface area contributed by atoms with Crippen LogP contribution < -0.4 is 5.56 Å². The first-order valence-electron chi connectivity index (χ1n) is 4.52. The van der Waals surface area contributed by atoms with Gasteiger partial charge in [0.15, 0.2) is 0 Å². The fraction of sp³-hybridized carbons (Fsp3) is 0.500. The number of nitrogens with zero attached hydrogens (tertiary/aromatic N) is 1. The predicted molar refractivity (Wildman–Crippen MR) is 47.6 cm³/mol. The number of rotatable bonds is 4. The molecule has 0 amide bonds. The number of halogens is 5. The predicted octanol–water partition coefficient (Wildman–Crippen LogP) is 1.46. The number of hydrogen-bond donors (Lipinski definition) is 2. The van der Waals surface area contributed by atoms with Crippen LogP contribution in [0.4, 0.5) is 22.0 Å². The van der Waals surface area contributed by atoms with Gasteiger partial charge in [-0.3, -0.25) is 14.6 Å². The maximum Gasteiger partial charge on any atom is 0.453 e. The minimum Gasteiger partial charge on any atom is -0.477 e. The highest BCUT2D eigenvalue weighted by Crippen LogP contribution is 2.38. The van der Waals surface area contributed by atoms with E-state index in [2.05, 4.69) is 0 Å². The van der Waals surface area contributed by atoms with Gasteiger partial charge in [-0.15, -0.1) is 0 Å². The second-order valence-corrected chi connectivity index (χ2v) is 3.42. The fourth-order valence-corrected chi connectivity index (χ4v) is 1.10. The lowest BCUT2D eigenvalue weighted by atomic mass is 10.2. The number of H-pyrrole nitrogens is 1. The van der Waals surface area contributed by atoms with E-state index in [-0.39, 0.29) is 0 Å². The summed E-state index contributed by atoms with van der Waals surface area (Å²) in [5.41, 5.74) is -1.58. The number of alkyl halides is 5. The van der Waals surface area contributed by atoms with E-state index in [0.29, 0.717) is 10.7 Å². The molecule has 0 aromatic carbocycles. The number of carboxylic acid groups (broad SMARTS) is 1. The molecule has 1 aromatic heterocycles. The Morgan fingerprint density at radius 1 is 1.33 bits per heavy atom. The highest BCUT2D eigenvalue weighted by atomic mass is 19.4. The van der Waals surface area contributed by atoms with Crippen LogP contribution in [0.5, 0.6) is 0 Å². The zero-order valence-electron chi connectivity index (χ0n) is 8.59. The summed E-state index contributed by atoms with van der Waals surface area (Å²) in [5.74, 6) is -6.46. The van der Waals surface area contributed by atoms with E-state index in [9.17, 15) is 31.5 Å². The van der Waals surface area contributed by atoms with Crippen molar-refractivity contribution in [2.24, 2.45) is 0 Å². The molecule has 0 saturated carbocycles. The Balaban J connectivity index is 2.82. The second kappa shape index (κ2) is 4.42. The van der Waals surface area contributed by atoms with E-state index < -0.39 is 42.3 Å². The van der Waals surface area contributed by atoms with Crippen LogP contribution in [0.25, 0.3) is 0 Å². The standard InChI is InChI=1S/C8H7F5N2O3/c9-7(10,8(11,12)13)1-2-15-5(16)3-4(14-15)6(17)18/h3,14H,1-2H2,(H,17,18). The van der Waals surface area contributed by atoms with Crippen molar-refractivity contribution in [3.05, 3.63) is 22.1 Å². The van der Waals surface area contributed by atoms with Crippen LogP contribution >= 0.6 is 0 Å². The number of carboxylic acids is 1. The Morgan fingerprint density at radius 3 is 2.28 bits per heavy atom. The zero-order valence-corrected chi connectivity index (χ0v) is 8.59. The van der Waals surface area contributed by atoms with Crippen molar-refractivity contribution < 1.29 is 31.9 Å². The average Bonchev–Trinajstić information content (AvgIpc) is 2.55. The maximum atomic E-state index is 12.5. The molecule has 1 heterocycles. The highest BCUT2D eigenvalue weighted by Gasteiger charge is 2.56. The third-order valence-corrected chi connectivity index (χ3v) is 2.08. The van der Waals surface area contributed by atoms with Crippen LogP contribution in [-0.2, 0) is 6.54 Å². The monoisotopic (exact) mass is 274 g/mol. The fourth-order valence-electron chi connectivity index (χ4n) is 1.10. The minimum atomic E-state index is -5.71. The van der Waals surface area contributed by atoms with Crippen molar-refractivity contribution in [2.75, 3.05) is 0 Å². The number of aromatic carboxylic acids is 1. The quantitative estimate of drug-likeness (QED) is 0.816. The summed E-state index contributed by atoms with van der Waals surface area (Å²) in [6.07, 6.45) is -7.37. The van der Waals surface area contributed by atoms with E-state index in [1.54, 1.807) is 0 Å². The molecule has 102 valence electrons. The van der Waals surface area contributed by atoms with Crippen LogP contribution in [0, 0.1) is 0 Å². The smallest absolute Gasteiger partial charge is 0.453 e. The molecule has 0 saturated heterocycles. The van der Waals surface area contributed by atoms with Gasteiger partial charge in [-0.05, 0) is 0 Å². The Bertz CT molecular complexity index is 502. The molecular weight excluding hydrogens is 267 g/mol. The van der Waals surface area contributed by atoms with Gasteiger partial charge in [-0.1, -0.05) is 0 Å². The molecule has 0 atom stereocenters. The van der Waals surface area contributed by atoms with Gasteiger partial charge >= 0.3 is 18.1 Å². The Hall–Kier alpha value is -1.87. The molecule has 0 aliphatic heterocycles. The van der Waals surface area contributed by atoms with E-state index in [1.807, 2.05) is 5.10 Å². The maximum absolute atomic E-state index is 12.5.